The maximum absolute atomic E-state index is 13.3. The Morgan fingerprint density at radius 1 is 1.04 bits per heavy atom. The minimum atomic E-state index is -0.517. The third kappa shape index (κ3) is 2.20. The second kappa shape index (κ2) is 5.56. The van der Waals surface area contributed by atoms with E-state index < -0.39 is 5.72 Å². The molecule has 1 spiro atoms. The van der Waals surface area contributed by atoms with Gasteiger partial charge in [0.15, 0.2) is 5.72 Å². The monoisotopic (exact) mass is 352 g/mol. The molecule has 4 nitrogen and oxygen atoms in total. The minimum Gasteiger partial charge on any atom is -0.493 e. The highest BCUT2D eigenvalue weighted by molar-refractivity contribution is 5.81. The largest absolute Gasteiger partial charge is 0.493 e. The van der Waals surface area contributed by atoms with E-state index in [0.717, 1.165) is 53.8 Å². The van der Waals surface area contributed by atoms with Gasteiger partial charge in [0, 0.05) is 13.1 Å². The molecular weight excluding hydrogens is 331 g/mol. The summed E-state index contributed by atoms with van der Waals surface area (Å²) in [6, 6.07) is 12.7. The predicted molar refractivity (Wildman–Crippen MR) is 97.5 cm³/mol. The molecular formula is C21H21FN2O2. The zero-order chi connectivity index (χ0) is 17.9. The summed E-state index contributed by atoms with van der Waals surface area (Å²) < 4.78 is 19.2. The zero-order valence-electron chi connectivity index (χ0n) is 14.7. The van der Waals surface area contributed by atoms with E-state index in [4.69, 9.17) is 4.74 Å². The summed E-state index contributed by atoms with van der Waals surface area (Å²) in [5.74, 6) is 0.0637. The van der Waals surface area contributed by atoms with Crippen molar-refractivity contribution in [1.82, 2.24) is 10.0 Å². The molecule has 5 heteroatoms. The molecule has 2 saturated heterocycles. The third-order valence-corrected chi connectivity index (χ3v) is 5.66. The van der Waals surface area contributed by atoms with Gasteiger partial charge in [0.05, 0.1) is 12.2 Å². The van der Waals surface area contributed by atoms with E-state index in [0.29, 0.717) is 12.5 Å². The summed E-state index contributed by atoms with van der Waals surface area (Å²) in [6.45, 7) is 4.36. The van der Waals surface area contributed by atoms with Crippen molar-refractivity contribution in [2.75, 3.05) is 19.7 Å². The van der Waals surface area contributed by atoms with Gasteiger partial charge in [-0.05, 0) is 60.2 Å². The van der Waals surface area contributed by atoms with E-state index in [-0.39, 0.29) is 5.82 Å². The van der Waals surface area contributed by atoms with Gasteiger partial charge in [0.1, 0.15) is 5.82 Å². The Hall–Kier alpha value is -2.37. The molecule has 5 rings (SSSR count). The van der Waals surface area contributed by atoms with E-state index in [1.165, 1.54) is 12.1 Å². The van der Waals surface area contributed by atoms with Crippen molar-refractivity contribution in [3.63, 3.8) is 0 Å². The first-order chi connectivity index (χ1) is 12.6. The van der Waals surface area contributed by atoms with Gasteiger partial charge in [0.25, 0.3) is 0 Å². The first-order valence-corrected chi connectivity index (χ1v) is 9.10. The van der Waals surface area contributed by atoms with Crippen molar-refractivity contribution in [2.45, 2.75) is 25.5 Å². The SMILES string of the molecule is Cc1ccc(-c2ccc(F)cc2)cc1C1=C(O)N2CCCCN2C12CO2. The van der Waals surface area contributed by atoms with Gasteiger partial charge in [-0.2, -0.15) is 5.01 Å². The Morgan fingerprint density at radius 2 is 1.73 bits per heavy atom. The van der Waals surface area contributed by atoms with Crippen molar-refractivity contribution in [2.24, 2.45) is 0 Å². The fourth-order valence-corrected chi connectivity index (χ4v) is 4.20. The first kappa shape index (κ1) is 15.9. The number of nitrogens with zero attached hydrogens (tertiary/aromatic N) is 2. The van der Waals surface area contributed by atoms with Crippen LogP contribution in [-0.4, -0.2) is 40.5 Å². The predicted octanol–water partition coefficient (Wildman–Crippen LogP) is 4.08. The molecule has 0 bridgehead atoms. The summed E-state index contributed by atoms with van der Waals surface area (Å²) >= 11 is 0. The number of ether oxygens (including phenoxy) is 1. The van der Waals surface area contributed by atoms with Gasteiger partial charge in [-0.25, -0.2) is 4.39 Å². The van der Waals surface area contributed by atoms with Gasteiger partial charge in [0.2, 0.25) is 5.88 Å². The van der Waals surface area contributed by atoms with Crippen molar-refractivity contribution < 1.29 is 14.2 Å². The number of epoxide rings is 1. The molecule has 3 heterocycles. The lowest BCUT2D eigenvalue weighted by Crippen LogP contribution is -2.48. The average molecular weight is 352 g/mol. The van der Waals surface area contributed by atoms with Crippen LogP contribution in [0.1, 0.15) is 24.0 Å². The highest BCUT2D eigenvalue weighted by atomic mass is 19.1. The van der Waals surface area contributed by atoms with Crippen LogP contribution in [0, 0.1) is 12.7 Å². The lowest BCUT2D eigenvalue weighted by Gasteiger charge is -2.36. The molecule has 2 aromatic rings. The smallest absolute Gasteiger partial charge is 0.210 e. The lowest BCUT2D eigenvalue weighted by atomic mass is 9.92. The van der Waals surface area contributed by atoms with E-state index in [2.05, 4.69) is 17.1 Å². The quantitative estimate of drug-likeness (QED) is 0.827. The molecule has 3 aliphatic rings. The molecule has 0 radical (unpaired) electrons. The number of hydrazine groups is 1. The molecule has 0 aliphatic carbocycles. The van der Waals surface area contributed by atoms with Gasteiger partial charge in [-0.15, -0.1) is 0 Å². The highest BCUT2D eigenvalue weighted by Crippen LogP contribution is 2.53. The van der Waals surface area contributed by atoms with Crippen LogP contribution in [0.4, 0.5) is 4.39 Å². The molecule has 2 aromatic carbocycles. The van der Waals surface area contributed by atoms with Gasteiger partial charge >= 0.3 is 0 Å². The van der Waals surface area contributed by atoms with Crippen molar-refractivity contribution in [1.29, 1.82) is 0 Å². The number of rotatable bonds is 2. The summed E-state index contributed by atoms with van der Waals surface area (Å²) in [5, 5.41) is 15.1. The Bertz CT molecular complexity index is 903. The zero-order valence-corrected chi connectivity index (χ0v) is 14.7. The molecule has 26 heavy (non-hydrogen) atoms. The fourth-order valence-electron chi connectivity index (χ4n) is 4.20. The Balaban J connectivity index is 1.62. The second-order valence-electron chi connectivity index (χ2n) is 7.26. The standard InChI is InChI=1S/C21H21FN2O2/c1-14-4-5-16(15-6-8-17(22)9-7-15)12-18(14)19-20(25)23-10-2-3-11-24(23)21(19)13-26-21/h4-9,12,25H,2-3,10-11,13H2,1H3. The molecule has 134 valence electrons. The van der Waals surface area contributed by atoms with Crippen molar-refractivity contribution in [3.05, 3.63) is 65.3 Å². The van der Waals surface area contributed by atoms with E-state index in [1.54, 1.807) is 12.1 Å². The number of aryl methyl sites for hydroxylation is 1. The topological polar surface area (TPSA) is 39.2 Å². The van der Waals surface area contributed by atoms with Gasteiger partial charge in [-0.1, -0.05) is 24.3 Å². The molecule has 0 aromatic heterocycles. The van der Waals surface area contributed by atoms with Crippen molar-refractivity contribution in [3.8, 4) is 11.1 Å². The highest BCUT2D eigenvalue weighted by Gasteiger charge is 2.63. The molecule has 0 amide bonds. The molecule has 1 unspecified atom stereocenters. The summed E-state index contributed by atoms with van der Waals surface area (Å²) in [7, 11) is 0. The first-order valence-electron chi connectivity index (χ1n) is 9.10. The number of aliphatic hydroxyl groups is 1. The van der Waals surface area contributed by atoms with E-state index >= 15 is 0 Å². The third-order valence-electron chi connectivity index (χ3n) is 5.66. The van der Waals surface area contributed by atoms with Gasteiger partial charge in [-0.3, -0.25) is 5.01 Å². The summed E-state index contributed by atoms with van der Waals surface area (Å²) in [4.78, 5) is 0. The van der Waals surface area contributed by atoms with Crippen LogP contribution in [0.15, 0.2) is 48.3 Å². The molecule has 1 N–H and O–H groups in total. The molecule has 0 saturated carbocycles. The second-order valence-corrected chi connectivity index (χ2v) is 7.26. The minimum absolute atomic E-state index is 0.243. The van der Waals surface area contributed by atoms with E-state index in [9.17, 15) is 9.50 Å². The van der Waals surface area contributed by atoms with Crippen LogP contribution < -0.4 is 0 Å². The van der Waals surface area contributed by atoms with Gasteiger partial charge < -0.3 is 9.84 Å². The van der Waals surface area contributed by atoms with Crippen LogP contribution in [0.25, 0.3) is 16.7 Å². The normalized spacial score (nSPS) is 25.1. The lowest BCUT2D eigenvalue weighted by molar-refractivity contribution is -0.0819. The fraction of sp³-hybridized carbons (Fsp3) is 0.333. The number of aliphatic hydroxyl groups excluding tert-OH is 1. The number of fused-ring (bicyclic) bond motifs is 2. The Kier molecular flexibility index (Phi) is 3.39. The van der Waals surface area contributed by atoms with Crippen LogP contribution in [-0.2, 0) is 4.74 Å². The number of hydrogen-bond donors (Lipinski definition) is 1. The van der Waals surface area contributed by atoms with E-state index in [1.807, 2.05) is 18.0 Å². The number of hydrogen-bond acceptors (Lipinski definition) is 4. The average Bonchev–Trinajstić information content (AvgIpc) is 3.41. The molecule has 2 fully saturated rings. The van der Waals surface area contributed by atoms with Crippen LogP contribution in [0.5, 0.6) is 0 Å². The maximum Gasteiger partial charge on any atom is 0.210 e. The Labute approximate surface area is 152 Å². The van der Waals surface area contributed by atoms with Crippen LogP contribution >= 0.6 is 0 Å². The van der Waals surface area contributed by atoms with Crippen molar-refractivity contribution >= 4 is 5.57 Å². The summed E-state index contributed by atoms with van der Waals surface area (Å²) in [5.41, 5.74) is 4.39. The molecule has 1 atom stereocenters. The van der Waals surface area contributed by atoms with Crippen LogP contribution in [0.2, 0.25) is 0 Å². The maximum atomic E-state index is 13.3. The summed E-state index contributed by atoms with van der Waals surface area (Å²) in [6.07, 6.45) is 2.18. The number of benzene rings is 2. The van der Waals surface area contributed by atoms with Crippen LogP contribution in [0.3, 0.4) is 0 Å². The Morgan fingerprint density at radius 3 is 2.46 bits per heavy atom. The molecule has 3 aliphatic heterocycles. The number of halogens is 1.